The summed E-state index contributed by atoms with van der Waals surface area (Å²) in [6, 6.07) is 3.44. The molecule has 1 fully saturated rings. The third-order valence-electron chi connectivity index (χ3n) is 3.19. The molecule has 0 saturated carbocycles. The second-order valence-electron chi connectivity index (χ2n) is 5.89. The quantitative estimate of drug-likeness (QED) is 0.852. The first-order chi connectivity index (χ1) is 9.20. The summed E-state index contributed by atoms with van der Waals surface area (Å²) < 4.78 is 14.0. The van der Waals surface area contributed by atoms with Crippen LogP contribution in [0.3, 0.4) is 0 Å². The second kappa shape index (κ2) is 5.16. The van der Waals surface area contributed by atoms with Crippen LogP contribution in [0, 0.1) is 11.2 Å². The van der Waals surface area contributed by atoms with Crippen molar-refractivity contribution in [2.24, 2.45) is 5.41 Å². The Labute approximate surface area is 125 Å². The number of hydrogen-bond acceptors (Lipinski definition) is 2. The Bertz CT molecular complexity index is 569. The van der Waals surface area contributed by atoms with Crippen LogP contribution in [-0.4, -0.2) is 24.4 Å². The molecule has 20 heavy (non-hydrogen) atoms. The molecule has 2 rings (SSSR count). The van der Waals surface area contributed by atoms with Crippen LogP contribution in [0.4, 0.5) is 10.1 Å². The lowest BCUT2D eigenvalue weighted by molar-refractivity contribution is -0.133. The van der Waals surface area contributed by atoms with Crippen molar-refractivity contribution < 1.29 is 14.0 Å². The SMILES string of the molecule is CC(C)(C)C1NC(=O)CN(c2cc(F)ccc2Br)C1=O. The summed E-state index contributed by atoms with van der Waals surface area (Å²) in [4.78, 5) is 25.7. The summed E-state index contributed by atoms with van der Waals surface area (Å²) in [5.74, 6) is -0.932. The normalized spacial score (nSPS) is 20.1. The highest BCUT2D eigenvalue weighted by molar-refractivity contribution is 9.10. The van der Waals surface area contributed by atoms with Crippen LogP contribution in [0.5, 0.6) is 0 Å². The van der Waals surface area contributed by atoms with Crippen LogP contribution < -0.4 is 10.2 Å². The first kappa shape index (κ1) is 15.0. The maximum atomic E-state index is 13.4. The molecule has 1 aromatic rings. The van der Waals surface area contributed by atoms with Gasteiger partial charge in [-0.05, 0) is 39.5 Å². The molecule has 0 bridgehead atoms. The minimum absolute atomic E-state index is 0.104. The van der Waals surface area contributed by atoms with Crippen LogP contribution >= 0.6 is 15.9 Å². The molecule has 0 spiro atoms. The molecule has 0 aromatic heterocycles. The standard InChI is InChI=1S/C14H16BrFN2O2/c1-14(2,3)12-13(20)18(7-11(19)17-12)10-6-8(16)4-5-9(10)15/h4-6,12H,7H2,1-3H3,(H,17,19). The van der Waals surface area contributed by atoms with Gasteiger partial charge in [0.2, 0.25) is 5.91 Å². The molecule has 0 radical (unpaired) electrons. The Morgan fingerprint density at radius 3 is 2.60 bits per heavy atom. The molecule has 1 aromatic carbocycles. The molecule has 1 heterocycles. The van der Waals surface area contributed by atoms with Crippen LogP contribution in [0.25, 0.3) is 0 Å². The van der Waals surface area contributed by atoms with Crippen LogP contribution in [-0.2, 0) is 9.59 Å². The molecule has 1 aliphatic heterocycles. The van der Waals surface area contributed by atoms with Gasteiger partial charge < -0.3 is 5.32 Å². The van der Waals surface area contributed by atoms with Crippen molar-refractivity contribution in [1.82, 2.24) is 5.32 Å². The van der Waals surface area contributed by atoms with Crippen molar-refractivity contribution in [2.45, 2.75) is 26.8 Å². The van der Waals surface area contributed by atoms with Crippen molar-refractivity contribution in [1.29, 1.82) is 0 Å². The lowest BCUT2D eigenvalue weighted by Gasteiger charge is -2.39. The molecule has 108 valence electrons. The molecule has 6 heteroatoms. The first-order valence-corrected chi connectivity index (χ1v) is 7.05. The van der Waals surface area contributed by atoms with Crippen molar-refractivity contribution in [3.05, 3.63) is 28.5 Å². The van der Waals surface area contributed by atoms with Gasteiger partial charge in [-0.25, -0.2) is 4.39 Å². The van der Waals surface area contributed by atoms with Gasteiger partial charge in [-0.2, -0.15) is 0 Å². The van der Waals surface area contributed by atoms with Gasteiger partial charge in [-0.1, -0.05) is 20.8 Å². The highest BCUT2D eigenvalue weighted by atomic mass is 79.9. The predicted molar refractivity (Wildman–Crippen MR) is 77.8 cm³/mol. The molecule has 4 nitrogen and oxygen atoms in total. The van der Waals surface area contributed by atoms with E-state index in [1.165, 1.54) is 23.1 Å². The van der Waals surface area contributed by atoms with Gasteiger partial charge in [-0.15, -0.1) is 0 Å². The van der Waals surface area contributed by atoms with Crippen molar-refractivity contribution in [3.8, 4) is 0 Å². The van der Waals surface area contributed by atoms with Gasteiger partial charge in [0.25, 0.3) is 5.91 Å². The van der Waals surface area contributed by atoms with Crippen molar-refractivity contribution >= 4 is 33.4 Å². The number of carbonyl (C=O) groups is 2. The van der Waals surface area contributed by atoms with E-state index in [0.717, 1.165) is 0 Å². The summed E-state index contributed by atoms with van der Waals surface area (Å²) in [5, 5.41) is 2.70. The fourth-order valence-corrected chi connectivity index (χ4v) is 2.59. The summed E-state index contributed by atoms with van der Waals surface area (Å²) >= 11 is 3.29. The number of anilines is 1. The molecule has 0 aliphatic carbocycles. The zero-order chi connectivity index (χ0) is 15.1. The number of carbonyl (C=O) groups excluding carboxylic acids is 2. The zero-order valence-corrected chi connectivity index (χ0v) is 13.1. The molecule has 1 aliphatic rings. The van der Waals surface area contributed by atoms with Crippen molar-refractivity contribution in [2.75, 3.05) is 11.4 Å². The Morgan fingerprint density at radius 1 is 1.35 bits per heavy atom. The highest BCUT2D eigenvalue weighted by Gasteiger charge is 2.40. The lowest BCUT2D eigenvalue weighted by atomic mass is 9.84. The lowest BCUT2D eigenvalue weighted by Crippen LogP contribution is -2.62. The molecule has 1 unspecified atom stereocenters. The fourth-order valence-electron chi connectivity index (χ4n) is 2.13. The smallest absolute Gasteiger partial charge is 0.250 e. The number of piperazine rings is 1. The number of benzene rings is 1. The van der Waals surface area contributed by atoms with Crippen LogP contribution in [0.2, 0.25) is 0 Å². The number of nitrogens with zero attached hydrogens (tertiary/aromatic N) is 1. The largest absolute Gasteiger partial charge is 0.342 e. The number of hydrogen-bond donors (Lipinski definition) is 1. The first-order valence-electron chi connectivity index (χ1n) is 6.26. The summed E-state index contributed by atoms with van der Waals surface area (Å²) in [7, 11) is 0. The predicted octanol–water partition coefficient (Wildman–Crippen LogP) is 2.47. The maximum absolute atomic E-state index is 13.4. The third kappa shape index (κ3) is 2.85. The maximum Gasteiger partial charge on any atom is 0.250 e. The molecule has 2 amide bonds. The zero-order valence-electron chi connectivity index (χ0n) is 11.5. The van der Waals surface area contributed by atoms with Gasteiger partial charge in [0.05, 0.1) is 5.69 Å². The minimum atomic E-state index is -0.626. The van der Waals surface area contributed by atoms with E-state index >= 15 is 0 Å². The number of rotatable bonds is 1. The van der Waals surface area contributed by atoms with E-state index in [0.29, 0.717) is 10.2 Å². The Hall–Kier alpha value is -1.43. The summed E-state index contributed by atoms with van der Waals surface area (Å²) in [6.07, 6.45) is 0. The van der Waals surface area contributed by atoms with Crippen molar-refractivity contribution in [3.63, 3.8) is 0 Å². The number of nitrogens with one attached hydrogen (secondary N) is 1. The molecule has 1 N–H and O–H groups in total. The van der Waals surface area contributed by atoms with Gasteiger partial charge in [0.1, 0.15) is 18.4 Å². The van der Waals surface area contributed by atoms with Crippen LogP contribution in [0.1, 0.15) is 20.8 Å². The Kier molecular flexibility index (Phi) is 3.86. The topological polar surface area (TPSA) is 49.4 Å². The number of amides is 2. The molecule has 1 atom stereocenters. The summed E-state index contributed by atoms with van der Waals surface area (Å²) in [5.41, 5.74) is -0.0373. The van der Waals surface area contributed by atoms with E-state index in [-0.39, 0.29) is 18.4 Å². The van der Waals surface area contributed by atoms with E-state index in [9.17, 15) is 14.0 Å². The van der Waals surface area contributed by atoms with Crippen LogP contribution in [0.15, 0.2) is 22.7 Å². The average Bonchev–Trinajstić information content (AvgIpc) is 2.33. The highest BCUT2D eigenvalue weighted by Crippen LogP contribution is 2.31. The fraction of sp³-hybridized carbons (Fsp3) is 0.429. The van der Waals surface area contributed by atoms with E-state index in [1.54, 1.807) is 0 Å². The van der Waals surface area contributed by atoms with E-state index in [4.69, 9.17) is 0 Å². The molecular weight excluding hydrogens is 327 g/mol. The number of halogens is 2. The third-order valence-corrected chi connectivity index (χ3v) is 3.86. The minimum Gasteiger partial charge on any atom is -0.342 e. The van der Waals surface area contributed by atoms with E-state index in [2.05, 4.69) is 21.2 Å². The van der Waals surface area contributed by atoms with E-state index < -0.39 is 17.3 Å². The van der Waals surface area contributed by atoms with Gasteiger partial charge in [0.15, 0.2) is 0 Å². The average molecular weight is 343 g/mol. The molecular formula is C14H16BrFN2O2. The van der Waals surface area contributed by atoms with Gasteiger partial charge >= 0.3 is 0 Å². The summed E-state index contributed by atoms with van der Waals surface area (Å²) in [6.45, 7) is 5.52. The van der Waals surface area contributed by atoms with E-state index in [1.807, 2.05) is 20.8 Å². The Balaban J connectivity index is 2.43. The van der Waals surface area contributed by atoms with Gasteiger partial charge in [0, 0.05) is 4.47 Å². The Morgan fingerprint density at radius 2 is 2.00 bits per heavy atom. The molecule has 1 saturated heterocycles. The second-order valence-corrected chi connectivity index (χ2v) is 6.74. The monoisotopic (exact) mass is 342 g/mol. The van der Waals surface area contributed by atoms with Gasteiger partial charge in [-0.3, -0.25) is 14.5 Å².